The van der Waals surface area contributed by atoms with E-state index in [1.807, 2.05) is 30.3 Å². The summed E-state index contributed by atoms with van der Waals surface area (Å²) in [5, 5.41) is 0. The molecule has 4 nitrogen and oxygen atoms in total. The van der Waals surface area contributed by atoms with E-state index in [9.17, 15) is 9.59 Å². The van der Waals surface area contributed by atoms with Crippen LogP contribution in [0.2, 0.25) is 0 Å². The van der Waals surface area contributed by atoms with Crippen LogP contribution in [0.1, 0.15) is 63.9 Å². The number of nitrogens with zero attached hydrogens (tertiary/aromatic N) is 1. The lowest BCUT2D eigenvalue weighted by Gasteiger charge is -2.17. The van der Waals surface area contributed by atoms with Gasteiger partial charge < -0.3 is 9.64 Å². The van der Waals surface area contributed by atoms with Crippen LogP contribution in [0.3, 0.4) is 0 Å². The number of ether oxygens (including phenoxy) is 1. The van der Waals surface area contributed by atoms with Crippen molar-refractivity contribution in [1.29, 1.82) is 0 Å². The standard InChI is InChI=1S/C20H31NO3/c1-3-4-5-6-10-16-24-20(23)15-11-14-19(22)21(2)17-18-12-8-7-9-13-18/h7-9,12-13H,3-6,10-11,14-17H2,1-2H3. The van der Waals surface area contributed by atoms with Crippen LogP contribution in [0.25, 0.3) is 0 Å². The lowest BCUT2D eigenvalue weighted by atomic mass is 10.2. The summed E-state index contributed by atoms with van der Waals surface area (Å²) in [6, 6.07) is 9.89. The molecule has 0 heterocycles. The zero-order valence-corrected chi connectivity index (χ0v) is 15.1. The Bertz CT molecular complexity index is 473. The van der Waals surface area contributed by atoms with Crippen LogP contribution in [0.4, 0.5) is 0 Å². The molecule has 0 radical (unpaired) electrons. The van der Waals surface area contributed by atoms with Crippen LogP contribution in [0, 0.1) is 0 Å². The van der Waals surface area contributed by atoms with Crippen molar-refractivity contribution in [3.05, 3.63) is 35.9 Å². The van der Waals surface area contributed by atoms with Crippen molar-refractivity contribution >= 4 is 11.9 Å². The van der Waals surface area contributed by atoms with E-state index in [1.165, 1.54) is 19.3 Å². The van der Waals surface area contributed by atoms with Crippen molar-refractivity contribution in [3.8, 4) is 0 Å². The molecule has 1 rings (SSSR count). The third kappa shape index (κ3) is 9.33. The molecule has 0 atom stereocenters. The molecule has 0 saturated carbocycles. The number of unbranched alkanes of at least 4 members (excludes halogenated alkanes) is 4. The minimum absolute atomic E-state index is 0.0613. The molecule has 1 aromatic rings. The number of carbonyl (C=O) groups excluding carboxylic acids is 2. The Morgan fingerprint density at radius 3 is 2.38 bits per heavy atom. The van der Waals surface area contributed by atoms with E-state index >= 15 is 0 Å². The maximum atomic E-state index is 12.1. The van der Waals surface area contributed by atoms with Crippen LogP contribution in [-0.4, -0.2) is 30.4 Å². The van der Waals surface area contributed by atoms with Crippen LogP contribution < -0.4 is 0 Å². The van der Waals surface area contributed by atoms with Gasteiger partial charge in [-0.3, -0.25) is 9.59 Å². The molecule has 0 bridgehead atoms. The van der Waals surface area contributed by atoms with Gasteiger partial charge in [-0.05, 0) is 18.4 Å². The molecule has 0 spiro atoms. The summed E-state index contributed by atoms with van der Waals surface area (Å²) in [6.45, 7) is 3.28. The summed E-state index contributed by atoms with van der Waals surface area (Å²) < 4.78 is 5.20. The lowest BCUT2D eigenvalue weighted by Crippen LogP contribution is -2.26. The smallest absolute Gasteiger partial charge is 0.305 e. The number of carbonyl (C=O) groups is 2. The van der Waals surface area contributed by atoms with Crippen molar-refractivity contribution < 1.29 is 14.3 Å². The minimum atomic E-state index is -0.191. The van der Waals surface area contributed by atoms with E-state index < -0.39 is 0 Å². The third-order valence-corrected chi connectivity index (χ3v) is 3.97. The first-order chi connectivity index (χ1) is 11.6. The first-order valence-electron chi connectivity index (χ1n) is 9.07. The van der Waals surface area contributed by atoms with Gasteiger partial charge in [0.1, 0.15) is 0 Å². The summed E-state index contributed by atoms with van der Waals surface area (Å²) in [5.74, 6) is -0.129. The highest BCUT2D eigenvalue weighted by atomic mass is 16.5. The number of hydrogen-bond acceptors (Lipinski definition) is 3. The Balaban J connectivity index is 2.08. The van der Waals surface area contributed by atoms with Gasteiger partial charge in [-0.15, -0.1) is 0 Å². The minimum Gasteiger partial charge on any atom is -0.466 e. The number of hydrogen-bond donors (Lipinski definition) is 0. The summed E-state index contributed by atoms with van der Waals surface area (Å²) in [7, 11) is 1.80. The van der Waals surface area contributed by atoms with Crippen LogP contribution >= 0.6 is 0 Å². The monoisotopic (exact) mass is 333 g/mol. The van der Waals surface area contributed by atoms with Gasteiger partial charge in [0, 0.05) is 26.4 Å². The van der Waals surface area contributed by atoms with E-state index in [-0.39, 0.29) is 11.9 Å². The van der Waals surface area contributed by atoms with Crippen LogP contribution in [0.5, 0.6) is 0 Å². The molecule has 134 valence electrons. The predicted octanol–water partition coefficient (Wildman–Crippen LogP) is 4.33. The van der Waals surface area contributed by atoms with Gasteiger partial charge in [0.15, 0.2) is 0 Å². The van der Waals surface area contributed by atoms with Crippen LogP contribution in [-0.2, 0) is 20.9 Å². The SMILES string of the molecule is CCCCCCCOC(=O)CCCC(=O)N(C)Cc1ccccc1. The molecule has 1 amide bonds. The van der Waals surface area contributed by atoms with Gasteiger partial charge in [0.25, 0.3) is 0 Å². The second-order valence-corrected chi connectivity index (χ2v) is 6.22. The predicted molar refractivity (Wildman–Crippen MR) is 96.5 cm³/mol. The normalized spacial score (nSPS) is 10.4. The highest BCUT2D eigenvalue weighted by molar-refractivity contribution is 5.77. The average Bonchev–Trinajstić information content (AvgIpc) is 2.58. The van der Waals surface area contributed by atoms with Gasteiger partial charge in [-0.25, -0.2) is 0 Å². The van der Waals surface area contributed by atoms with E-state index in [0.29, 0.717) is 32.4 Å². The first-order valence-corrected chi connectivity index (χ1v) is 9.07. The molecule has 0 fully saturated rings. The van der Waals surface area contributed by atoms with Gasteiger partial charge >= 0.3 is 5.97 Å². The molecule has 4 heteroatoms. The molecule has 0 aliphatic heterocycles. The highest BCUT2D eigenvalue weighted by Gasteiger charge is 2.10. The molecule has 0 aliphatic carbocycles. The number of esters is 1. The number of amides is 1. The second-order valence-electron chi connectivity index (χ2n) is 6.22. The van der Waals surface area contributed by atoms with Gasteiger partial charge in [-0.1, -0.05) is 62.9 Å². The van der Waals surface area contributed by atoms with Crippen molar-refractivity contribution in [2.45, 2.75) is 64.8 Å². The molecular weight excluding hydrogens is 302 g/mol. The Kier molecular flexibility index (Phi) is 10.6. The van der Waals surface area contributed by atoms with E-state index in [4.69, 9.17) is 4.74 Å². The summed E-state index contributed by atoms with van der Waals surface area (Å²) in [6.07, 6.45) is 6.96. The molecule has 24 heavy (non-hydrogen) atoms. The fourth-order valence-electron chi connectivity index (χ4n) is 2.48. The summed E-state index contributed by atoms with van der Waals surface area (Å²) in [4.78, 5) is 25.4. The Hall–Kier alpha value is -1.84. The Labute approximate surface area is 146 Å². The van der Waals surface area contributed by atoms with Crippen molar-refractivity contribution in [2.24, 2.45) is 0 Å². The Morgan fingerprint density at radius 1 is 0.958 bits per heavy atom. The third-order valence-electron chi connectivity index (χ3n) is 3.97. The topological polar surface area (TPSA) is 46.6 Å². The molecule has 0 N–H and O–H groups in total. The largest absolute Gasteiger partial charge is 0.466 e. The van der Waals surface area contributed by atoms with Gasteiger partial charge in [-0.2, -0.15) is 0 Å². The first kappa shape index (κ1) is 20.2. The molecule has 0 unspecified atom stereocenters. The highest BCUT2D eigenvalue weighted by Crippen LogP contribution is 2.07. The maximum Gasteiger partial charge on any atom is 0.305 e. The number of benzene rings is 1. The quantitative estimate of drug-likeness (QED) is 0.422. The lowest BCUT2D eigenvalue weighted by molar-refractivity contribution is -0.144. The summed E-state index contributed by atoms with van der Waals surface area (Å²) >= 11 is 0. The van der Waals surface area contributed by atoms with E-state index in [1.54, 1.807) is 11.9 Å². The average molecular weight is 333 g/mol. The molecule has 0 aliphatic rings. The van der Waals surface area contributed by atoms with Gasteiger partial charge in [0.2, 0.25) is 5.91 Å². The molecule has 0 aromatic heterocycles. The van der Waals surface area contributed by atoms with Crippen molar-refractivity contribution in [3.63, 3.8) is 0 Å². The van der Waals surface area contributed by atoms with Gasteiger partial charge in [0.05, 0.1) is 6.61 Å². The summed E-state index contributed by atoms with van der Waals surface area (Å²) in [5.41, 5.74) is 1.11. The Morgan fingerprint density at radius 2 is 1.67 bits per heavy atom. The zero-order valence-electron chi connectivity index (χ0n) is 15.1. The van der Waals surface area contributed by atoms with E-state index in [2.05, 4.69) is 6.92 Å². The molecular formula is C20H31NO3. The molecule has 0 saturated heterocycles. The van der Waals surface area contributed by atoms with Crippen molar-refractivity contribution in [1.82, 2.24) is 4.90 Å². The maximum absolute atomic E-state index is 12.1. The second kappa shape index (κ2) is 12.6. The van der Waals surface area contributed by atoms with Crippen molar-refractivity contribution in [2.75, 3.05) is 13.7 Å². The molecule has 1 aromatic carbocycles. The fourth-order valence-corrected chi connectivity index (χ4v) is 2.48. The fraction of sp³-hybridized carbons (Fsp3) is 0.600. The number of rotatable bonds is 12. The van der Waals surface area contributed by atoms with E-state index in [0.717, 1.165) is 18.4 Å². The zero-order chi connectivity index (χ0) is 17.6. The van der Waals surface area contributed by atoms with Crippen LogP contribution in [0.15, 0.2) is 30.3 Å².